The molecule has 2 heterocycles. The summed E-state index contributed by atoms with van der Waals surface area (Å²) in [6.45, 7) is 2.86. The Morgan fingerprint density at radius 1 is 1.19 bits per heavy atom. The lowest BCUT2D eigenvalue weighted by atomic mass is 10.0. The first-order chi connectivity index (χ1) is 14.9. The Morgan fingerprint density at radius 3 is 2.68 bits per heavy atom. The van der Waals surface area contributed by atoms with Gasteiger partial charge in [0.1, 0.15) is 17.3 Å². The summed E-state index contributed by atoms with van der Waals surface area (Å²) in [5.41, 5.74) is 1.96. The lowest BCUT2D eigenvalue weighted by Gasteiger charge is -2.28. The molecule has 166 valence electrons. The quantitative estimate of drug-likeness (QED) is 0.699. The van der Waals surface area contributed by atoms with Crippen LogP contribution in [-0.2, 0) is 9.59 Å². The van der Waals surface area contributed by atoms with E-state index in [1.165, 1.54) is 0 Å². The minimum Gasteiger partial charge on any atom is -0.497 e. The number of aryl methyl sites for hydroxylation is 1. The van der Waals surface area contributed by atoms with Crippen LogP contribution in [0.4, 0.5) is 5.82 Å². The number of methoxy groups -OCH3 is 2. The largest absolute Gasteiger partial charge is 0.497 e. The van der Waals surface area contributed by atoms with Crippen molar-refractivity contribution in [2.45, 2.75) is 25.8 Å². The number of ether oxygens (including phenoxy) is 2. The van der Waals surface area contributed by atoms with Gasteiger partial charge in [-0.3, -0.25) is 14.5 Å². The lowest BCUT2D eigenvalue weighted by Crippen LogP contribution is -2.41. The normalized spacial score (nSPS) is 15.8. The third kappa shape index (κ3) is 5.73. The molecule has 0 saturated carbocycles. The first kappa shape index (κ1) is 22.6. The van der Waals surface area contributed by atoms with Gasteiger partial charge in [-0.2, -0.15) is 0 Å². The van der Waals surface area contributed by atoms with Gasteiger partial charge in [0.15, 0.2) is 0 Å². The number of likely N-dealkylation sites (N-methyl/N-ethyl adjacent to an activating group) is 1. The minimum absolute atomic E-state index is 0.0175. The van der Waals surface area contributed by atoms with Crippen LogP contribution in [0.25, 0.3) is 0 Å². The van der Waals surface area contributed by atoms with Gasteiger partial charge in [0.25, 0.3) is 0 Å². The number of hydrogen-bond donors (Lipinski definition) is 1. The Kier molecular flexibility index (Phi) is 7.46. The number of pyridine rings is 1. The van der Waals surface area contributed by atoms with Crippen LogP contribution in [-0.4, -0.2) is 67.5 Å². The molecule has 31 heavy (non-hydrogen) atoms. The molecule has 1 atom stereocenters. The van der Waals surface area contributed by atoms with E-state index in [9.17, 15) is 9.59 Å². The van der Waals surface area contributed by atoms with Crippen LogP contribution < -0.4 is 14.8 Å². The number of rotatable bonds is 8. The van der Waals surface area contributed by atoms with Gasteiger partial charge < -0.3 is 19.7 Å². The average Bonchev–Trinajstić information content (AvgIpc) is 3.24. The van der Waals surface area contributed by atoms with Crippen LogP contribution in [0.15, 0.2) is 36.5 Å². The molecule has 1 saturated heterocycles. The highest BCUT2D eigenvalue weighted by atomic mass is 16.5. The fraction of sp³-hybridized carbons (Fsp3) is 0.435. The molecule has 1 aromatic carbocycles. The van der Waals surface area contributed by atoms with Crippen molar-refractivity contribution >= 4 is 17.6 Å². The van der Waals surface area contributed by atoms with E-state index in [2.05, 4.69) is 10.3 Å². The molecule has 2 amide bonds. The molecule has 2 aromatic rings. The highest BCUT2D eigenvalue weighted by molar-refractivity contribution is 5.91. The Labute approximate surface area is 183 Å². The fourth-order valence-corrected chi connectivity index (χ4v) is 3.84. The predicted octanol–water partition coefficient (Wildman–Crippen LogP) is 2.64. The summed E-state index contributed by atoms with van der Waals surface area (Å²) in [5.74, 6) is 1.74. The van der Waals surface area contributed by atoms with Gasteiger partial charge in [-0.1, -0.05) is 6.07 Å². The number of likely N-dealkylation sites (tertiary alicyclic amines) is 1. The molecular weight excluding hydrogens is 396 g/mol. The van der Waals surface area contributed by atoms with Crippen molar-refractivity contribution in [2.75, 3.05) is 46.2 Å². The maximum Gasteiger partial charge on any atom is 0.239 e. The lowest BCUT2D eigenvalue weighted by molar-refractivity contribution is -0.133. The fourth-order valence-electron chi connectivity index (χ4n) is 3.84. The molecule has 0 spiro atoms. The van der Waals surface area contributed by atoms with Gasteiger partial charge in [0, 0.05) is 18.3 Å². The molecule has 1 aliphatic heterocycles. The SMILES string of the molecule is COc1ccc(OC)c(C2CCCN2C(=O)CN(C)CC(=O)Nc2ccc(C)cn2)c1. The molecule has 1 aliphatic rings. The standard InChI is InChI=1S/C23H30N4O4/c1-16-7-10-21(24-13-16)25-22(28)14-26(2)15-23(29)27-11-5-6-19(27)18-12-17(30-3)8-9-20(18)31-4/h7-10,12-13,19H,5-6,11,14-15H2,1-4H3,(H,24,25,28). The van der Waals surface area contributed by atoms with Crippen LogP contribution in [0.1, 0.15) is 30.0 Å². The number of anilines is 1. The Hall–Kier alpha value is -3.13. The molecule has 1 N–H and O–H groups in total. The molecule has 8 nitrogen and oxygen atoms in total. The van der Waals surface area contributed by atoms with E-state index in [1.807, 2.05) is 36.1 Å². The van der Waals surface area contributed by atoms with Crippen molar-refractivity contribution in [2.24, 2.45) is 0 Å². The van der Waals surface area contributed by atoms with Crippen molar-refractivity contribution in [3.63, 3.8) is 0 Å². The van der Waals surface area contributed by atoms with Crippen molar-refractivity contribution < 1.29 is 19.1 Å². The van der Waals surface area contributed by atoms with Gasteiger partial charge in [0.2, 0.25) is 11.8 Å². The molecule has 3 rings (SSSR count). The highest BCUT2D eigenvalue weighted by Crippen LogP contribution is 2.38. The van der Waals surface area contributed by atoms with Gasteiger partial charge in [-0.05, 0) is 56.6 Å². The number of amides is 2. The van der Waals surface area contributed by atoms with Crippen molar-refractivity contribution in [3.05, 3.63) is 47.7 Å². The second-order valence-electron chi connectivity index (χ2n) is 7.79. The average molecular weight is 427 g/mol. The Bertz CT molecular complexity index is 916. The van der Waals surface area contributed by atoms with Crippen LogP contribution in [0.2, 0.25) is 0 Å². The summed E-state index contributed by atoms with van der Waals surface area (Å²) in [5, 5.41) is 2.76. The van der Waals surface area contributed by atoms with E-state index in [1.54, 1.807) is 38.4 Å². The van der Waals surface area contributed by atoms with E-state index >= 15 is 0 Å². The Balaban J connectivity index is 1.61. The van der Waals surface area contributed by atoms with E-state index in [0.29, 0.717) is 12.4 Å². The molecule has 1 fully saturated rings. The van der Waals surface area contributed by atoms with Gasteiger partial charge in [-0.25, -0.2) is 4.98 Å². The molecular formula is C23H30N4O4. The highest BCUT2D eigenvalue weighted by Gasteiger charge is 2.32. The summed E-state index contributed by atoms with van der Waals surface area (Å²) in [6.07, 6.45) is 3.47. The summed E-state index contributed by atoms with van der Waals surface area (Å²) < 4.78 is 10.9. The third-order valence-corrected chi connectivity index (χ3v) is 5.37. The van der Waals surface area contributed by atoms with E-state index < -0.39 is 0 Å². The number of carbonyl (C=O) groups is 2. The summed E-state index contributed by atoms with van der Waals surface area (Å²) in [6, 6.07) is 9.21. The monoisotopic (exact) mass is 426 g/mol. The second kappa shape index (κ2) is 10.3. The van der Waals surface area contributed by atoms with Crippen LogP contribution >= 0.6 is 0 Å². The molecule has 0 radical (unpaired) electrons. The molecule has 1 aromatic heterocycles. The number of nitrogens with zero attached hydrogens (tertiary/aromatic N) is 3. The van der Waals surface area contributed by atoms with Crippen LogP contribution in [0, 0.1) is 6.92 Å². The van der Waals surface area contributed by atoms with Crippen molar-refractivity contribution in [1.29, 1.82) is 0 Å². The predicted molar refractivity (Wildman–Crippen MR) is 118 cm³/mol. The zero-order valence-corrected chi connectivity index (χ0v) is 18.6. The first-order valence-electron chi connectivity index (χ1n) is 10.3. The number of aromatic nitrogens is 1. The van der Waals surface area contributed by atoms with Gasteiger partial charge in [-0.15, -0.1) is 0 Å². The maximum atomic E-state index is 13.0. The van der Waals surface area contributed by atoms with Gasteiger partial charge >= 0.3 is 0 Å². The third-order valence-electron chi connectivity index (χ3n) is 5.37. The maximum absolute atomic E-state index is 13.0. The summed E-state index contributed by atoms with van der Waals surface area (Å²) in [4.78, 5) is 33.1. The van der Waals surface area contributed by atoms with Crippen LogP contribution in [0.3, 0.4) is 0 Å². The van der Waals surface area contributed by atoms with E-state index in [-0.39, 0.29) is 30.9 Å². The zero-order valence-electron chi connectivity index (χ0n) is 18.6. The topological polar surface area (TPSA) is 84.0 Å². The Morgan fingerprint density at radius 2 is 2.00 bits per heavy atom. The number of carbonyl (C=O) groups excluding carboxylic acids is 2. The zero-order chi connectivity index (χ0) is 22.4. The first-order valence-corrected chi connectivity index (χ1v) is 10.3. The second-order valence-corrected chi connectivity index (χ2v) is 7.79. The molecule has 0 bridgehead atoms. The van der Waals surface area contributed by atoms with Crippen molar-refractivity contribution in [3.8, 4) is 11.5 Å². The summed E-state index contributed by atoms with van der Waals surface area (Å²) in [7, 11) is 5.01. The minimum atomic E-state index is -0.209. The number of benzene rings is 1. The van der Waals surface area contributed by atoms with E-state index in [4.69, 9.17) is 9.47 Å². The smallest absolute Gasteiger partial charge is 0.239 e. The molecule has 0 aliphatic carbocycles. The number of nitrogens with one attached hydrogen (secondary N) is 1. The van der Waals surface area contributed by atoms with Gasteiger partial charge in [0.05, 0.1) is 33.4 Å². The van der Waals surface area contributed by atoms with Crippen molar-refractivity contribution in [1.82, 2.24) is 14.8 Å². The molecule has 8 heteroatoms. The number of hydrogen-bond acceptors (Lipinski definition) is 6. The van der Waals surface area contributed by atoms with Crippen LogP contribution in [0.5, 0.6) is 11.5 Å². The summed E-state index contributed by atoms with van der Waals surface area (Å²) >= 11 is 0. The van der Waals surface area contributed by atoms with E-state index in [0.717, 1.165) is 35.5 Å². The molecule has 1 unspecified atom stereocenters.